The topological polar surface area (TPSA) is 60.9 Å². The maximum atomic E-state index is 9.51. The number of H-pyrrole nitrogens is 1. The first kappa shape index (κ1) is 11.0. The van der Waals surface area contributed by atoms with E-state index in [2.05, 4.69) is 26.7 Å². The Morgan fingerprint density at radius 3 is 3.21 bits per heavy atom. The summed E-state index contributed by atoms with van der Waals surface area (Å²) in [5.41, 5.74) is 3.08. The highest BCUT2D eigenvalue weighted by molar-refractivity contribution is 7.10. The van der Waals surface area contributed by atoms with Gasteiger partial charge < -0.3 is 15.4 Å². The fraction of sp³-hybridized carbons (Fsp3) is 0.214. The zero-order chi connectivity index (χ0) is 12.8. The van der Waals surface area contributed by atoms with E-state index in [0.29, 0.717) is 0 Å². The number of nitrogens with one attached hydrogen (secondary N) is 2. The van der Waals surface area contributed by atoms with E-state index in [1.54, 1.807) is 12.1 Å². The van der Waals surface area contributed by atoms with E-state index in [-0.39, 0.29) is 11.8 Å². The summed E-state index contributed by atoms with van der Waals surface area (Å²) < 4.78 is 0. The Morgan fingerprint density at radius 1 is 1.32 bits per heavy atom. The molecular formula is C14H13N3OS. The molecule has 1 aliphatic heterocycles. The fourth-order valence-corrected chi connectivity index (χ4v) is 3.57. The van der Waals surface area contributed by atoms with Gasteiger partial charge in [0.2, 0.25) is 0 Å². The van der Waals surface area contributed by atoms with Crippen molar-refractivity contribution in [1.82, 2.24) is 15.3 Å². The van der Waals surface area contributed by atoms with Gasteiger partial charge in [-0.2, -0.15) is 0 Å². The fourth-order valence-electron chi connectivity index (χ4n) is 2.65. The van der Waals surface area contributed by atoms with Crippen molar-refractivity contribution in [3.8, 4) is 5.75 Å². The number of aromatic nitrogens is 2. The van der Waals surface area contributed by atoms with Crippen molar-refractivity contribution < 1.29 is 5.11 Å². The highest BCUT2D eigenvalue weighted by atomic mass is 32.1. The summed E-state index contributed by atoms with van der Waals surface area (Å²) in [6.45, 7) is 0.973. The summed E-state index contributed by atoms with van der Waals surface area (Å²) in [5.74, 6) is 1.18. The molecule has 1 unspecified atom stereocenters. The highest BCUT2D eigenvalue weighted by Crippen LogP contribution is 2.31. The average molecular weight is 271 g/mol. The van der Waals surface area contributed by atoms with Crippen molar-refractivity contribution in [2.45, 2.75) is 12.5 Å². The van der Waals surface area contributed by atoms with Crippen LogP contribution in [0.25, 0.3) is 11.0 Å². The van der Waals surface area contributed by atoms with Crippen molar-refractivity contribution in [2.75, 3.05) is 6.54 Å². The number of imidazole rings is 1. The minimum absolute atomic E-state index is 0.129. The number of benzene rings is 1. The third kappa shape index (κ3) is 1.74. The number of fused-ring (bicyclic) bond motifs is 2. The number of rotatable bonds is 1. The Hall–Kier alpha value is -1.85. The molecule has 0 amide bonds. The molecule has 2 aromatic heterocycles. The predicted molar refractivity (Wildman–Crippen MR) is 75.6 cm³/mol. The molecule has 4 rings (SSSR count). The molecule has 0 saturated heterocycles. The van der Waals surface area contributed by atoms with Gasteiger partial charge in [0.25, 0.3) is 0 Å². The molecule has 0 saturated carbocycles. The lowest BCUT2D eigenvalue weighted by Crippen LogP contribution is -2.30. The van der Waals surface area contributed by atoms with Crippen LogP contribution in [-0.4, -0.2) is 21.6 Å². The van der Waals surface area contributed by atoms with Crippen LogP contribution in [0.5, 0.6) is 5.75 Å². The highest BCUT2D eigenvalue weighted by Gasteiger charge is 2.24. The molecule has 0 bridgehead atoms. The van der Waals surface area contributed by atoms with Crippen LogP contribution in [0.3, 0.4) is 0 Å². The van der Waals surface area contributed by atoms with Crippen molar-refractivity contribution >= 4 is 22.4 Å². The van der Waals surface area contributed by atoms with Crippen LogP contribution in [0.15, 0.2) is 29.6 Å². The molecule has 5 heteroatoms. The summed E-state index contributed by atoms with van der Waals surface area (Å²) in [4.78, 5) is 9.38. The molecule has 0 aliphatic carbocycles. The van der Waals surface area contributed by atoms with Crippen LogP contribution < -0.4 is 5.32 Å². The first-order valence-corrected chi connectivity index (χ1v) is 7.17. The lowest BCUT2D eigenvalue weighted by Gasteiger charge is -2.22. The van der Waals surface area contributed by atoms with Gasteiger partial charge in [0.05, 0.1) is 17.1 Å². The van der Waals surface area contributed by atoms with Crippen LogP contribution >= 0.6 is 11.3 Å². The molecule has 0 radical (unpaired) electrons. The Labute approximate surface area is 114 Å². The van der Waals surface area contributed by atoms with Crippen molar-refractivity contribution in [2.24, 2.45) is 0 Å². The minimum Gasteiger partial charge on any atom is -0.508 e. The van der Waals surface area contributed by atoms with Gasteiger partial charge in [-0.3, -0.25) is 0 Å². The van der Waals surface area contributed by atoms with E-state index in [1.165, 1.54) is 10.4 Å². The largest absolute Gasteiger partial charge is 0.508 e. The lowest BCUT2D eigenvalue weighted by atomic mass is 10.0. The SMILES string of the molecule is Oc1ccc2nc(C3NCCc4sccc43)[nH]c2c1. The van der Waals surface area contributed by atoms with Crippen molar-refractivity contribution in [1.29, 1.82) is 0 Å². The molecule has 96 valence electrons. The molecule has 0 spiro atoms. The number of aromatic amines is 1. The molecule has 0 fully saturated rings. The van der Waals surface area contributed by atoms with E-state index in [0.717, 1.165) is 29.8 Å². The molecular weight excluding hydrogens is 258 g/mol. The maximum absolute atomic E-state index is 9.51. The molecule has 4 nitrogen and oxygen atoms in total. The number of aromatic hydroxyl groups is 1. The van der Waals surface area contributed by atoms with Gasteiger partial charge in [-0.15, -0.1) is 11.3 Å². The average Bonchev–Trinajstić information content (AvgIpc) is 3.03. The predicted octanol–water partition coefficient (Wildman–Crippen LogP) is 2.57. The van der Waals surface area contributed by atoms with Crippen LogP contribution in [0.4, 0.5) is 0 Å². The van der Waals surface area contributed by atoms with Gasteiger partial charge >= 0.3 is 0 Å². The van der Waals surface area contributed by atoms with Gasteiger partial charge in [-0.05, 0) is 35.6 Å². The van der Waals surface area contributed by atoms with Crippen molar-refractivity contribution in [3.05, 3.63) is 45.9 Å². The molecule has 1 atom stereocenters. The van der Waals surface area contributed by atoms with E-state index in [9.17, 15) is 5.11 Å². The third-order valence-electron chi connectivity index (χ3n) is 3.55. The Balaban J connectivity index is 1.83. The molecule has 1 aliphatic rings. The van der Waals surface area contributed by atoms with Gasteiger partial charge in [-0.25, -0.2) is 4.98 Å². The Morgan fingerprint density at radius 2 is 2.26 bits per heavy atom. The van der Waals surface area contributed by atoms with E-state index in [4.69, 9.17) is 0 Å². The van der Waals surface area contributed by atoms with Crippen molar-refractivity contribution in [3.63, 3.8) is 0 Å². The summed E-state index contributed by atoms with van der Waals surface area (Å²) in [6.07, 6.45) is 1.09. The third-order valence-corrected chi connectivity index (χ3v) is 4.55. The van der Waals surface area contributed by atoms with Gasteiger partial charge in [0.1, 0.15) is 11.6 Å². The summed E-state index contributed by atoms with van der Waals surface area (Å²) >= 11 is 1.81. The Bertz CT molecular complexity index is 746. The number of thiophene rings is 1. The second-order valence-electron chi connectivity index (χ2n) is 4.76. The van der Waals surface area contributed by atoms with E-state index >= 15 is 0 Å². The van der Waals surface area contributed by atoms with Crippen LogP contribution in [0, 0.1) is 0 Å². The molecule has 19 heavy (non-hydrogen) atoms. The smallest absolute Gasteiger partial charge is 0.129 e. The number of phenols is 1. The molecule has 1 aromatic carbocycles. The molecule has 3 heterocycles. The van der Waals surface area contributed by atoms with Crippen LogP contribution in [0.1, 0.15) is 22.3 Å². The molecule has 3 aromatic rings. The summed E-state index contributed by atoms with van der Waals surface area (Å²) in [6, 6.07) is 7.51. The monoisotopic (exact) mass is 271 g/mol. The van der Waals surface area contributed by atoms with Gasteiger partial charge in [0, 0.05) is 17.5 Å². The zero-order valence-electron chi connectivity index (χ0n) is 10.2. The number of phenolic OH excluding ortho intramolecular Hbond substituents is 1. The van der Waals surface area contributed by atoms with E-state index in [1.807, 2.05) is 17.4 Å². The quantitative estimate of drug-likeness (QED) is 0.637. The minimum atomic E-state index is 0.129. The Kier molecular flexibility index (Phi) is 2.36. The second kappa shape index (κ2) is 4.08. The van der Waals surface area contributed by atoms with Crippen LogP contribution in [-0.2, 0) is 6.42 Å². The standard InChI is InChI=1S/C14H13N3OS/c18-8-1-2-10-11(7-8)17-14(16-10)13-9-4-6-19-12(9)3-5-15-13/h1-2,4,6-7,13,15,18H,3,5H2,(H,16,17). The maximum Gasteiger partial charge on any atom is 0.129 e. The van der Waals surface area contributed by atoms with Gasteiger partial charge in [0.15, 0.2) is 0 Å². The first-order chi connectivity index (χ1) is 9.31. The number of nitrogens with zero attached hydrogens (tertiary/aromatic N) is 1. The molecule has 3 N–H and O–H groups in total. The van der Waals surface area contributed by atoms with E-state index < -0.39 is 0 Å². The van der Waals surface area contributed by atoms with Gasteiger partial charge in [-0.1, -0.05) is 0 Å². The zero-order valence-corrected chi connectivity index (χ0v) is 11.0. The first-order valence-electron chi connectivity index (χ1n) is 6.29. The van der Waals surface area contributed by atoms with Crippen LogP contribution in [0.2, 0.25) is 0 Å². The number of hydrogen-bond donors (Lipinski definition) is 3. The number of hydrogen-bond acceptors (Lipinski definition) is 4. The second-order valence-corrected chi connectivity index (χ2v) is 5.76. The normalized spacial score (nSPS) is 18.6. The summed E-state index contributed by atoms with van der Waals surface area (Å²) in [7, 11) is 0. The summed E-state index contributed by atoms with van der Waals surface area (Å²) in [5, 5.41) is 15.2. The lowest BCUT2D eigenvalue weighted by molar-refractivity contribution is 0.476.